The van der Waals surface area contributed by atoms with E-state index in [4.69, 9.17) is 10.1 Å². The molecule has 1 aliphatic rings. The van der Waals surface area contributed by atoms with Gasteiger partial charge in [0.25, 0.3) is 0 Å². The molecule has 1 aromatic heterocycles. The van der Waals surface area contributed by atoms with E-state index in [1.165, 1.54) is 11.1 Å². The molecule has 1 aliphatic heterocycles. The molecule has 0 saturated carbocycles. The highest BCUT2D eigenvalue weighted by atomic mass is 32.1. The van der Waals surface area contributed by atoms with Crippen LogP contribution >= 0.6 is 11.3 Å². The molecule has 1 atom stereocenters. The van der Waals surface area contributed by atoms with Crippen molar-refractivity contribution in [2.24, 2.45) is 0 Å². The smallest absolute Gasteiger partial charge is 0.123 e. The van der Waals surface area contributed by atoms with E-state index in [1.54, 1.807) is 11.3 Å². The number of aromatic nitrogens is 1. The fraction of sp³-hybridized carbons (Fsp3) is 0.500. The number of rotatable bonds is 5. The molecule has 2 heterocycles. The first kappa shape index (κ1) is 16.6. The Morgan fingerprint density at radius 3 is 2.74 bits per heavy atom. The number of aliphatic hydroxyl groups excluding tert-OH is 1. The maximum absolute atomic E-state index is 9.10. The van der Waals surface area contributed by atoms with E-state index in [0.29, 0.717) is 6.04 Å². The summed E-state index contributed by atoms with van der Waals surface area (Å²) in [6.07, 6.45) is 0. The van der Waals surface area contributed by atoms with Gasteiger partial charge >= 0.3 is 0 Å². The lowest BCUT2D eigenvalue weighted by atomic mass is 10.1. The zero-order valence-corrected chi connectivity index (χ0v) is 14.7. The molecule has 0 spiro atoms. The predicted molar refractivity (Wildman–Crippen MR) is 95.7 cm³/mol. The van der Waals surface area contributed by atoms with Crippen molar-refractivity contribution in [2.75, 3.05) is 32.8 Å². The van der Waals surface area contributed by atoms with Gasteiger partial charge in [0.05, 0.1) is 12.3 Å². The first-order valence-corrected chi connectivity index (χ1v) is 9.12. The van der Waals surface area contributed by atoms with Crippen LogP contribution in [0.25, 0.3) is 10.6 Å². The number of aryl methyl sites for hydroxylation is 1. The van der Waals surface area contributed by atoms with Gasteiger partial charge in [0, 0.05) is 49.7 Å². The first-order valence-electron chi connectivity index (χ1n) is 8.24. The average molecular weight is 331 g/mol. The van der Waals surface area contributed by atoms with Crippen LogP contribution in [0.15, 0.2) is 29.6 Å². The zero-order valence-electron chi connectivity index (χ0n) is 13.9. The summed E-state index contributed by atoms with van der Waals surface area (Å²) in [6.45, 7) is 9.39. The molecular weight excluding hydrogens is 306 g/mol. The lowest BCUT2D eigenvalue weighted by Gasteiger charge is -2.39. The third-order valence-electron chi connectivity index (χ3n) is 4.47. The Bertz CT molecular complexity index is 625. The van der Waals surface area contributed by atoms with Gasteiger partial charge in [-0.1, -0.05) is 29.8 Å². The molecule has 1 N–H and O–H groups in total. The average Bonchev–Trinajstić information content (AvgIpc) is 2.99. The standard InChI is InChI=1S/C18H25N3OS/c1-14-3-5-16(6-4-14)18-19-17(13-23-18)12-20-7-8-21(9-10-22)15(2)11-20/h3-6,13,15,22H,7-12H2,1-2H3. The Morgan fingerprint density at radius 1 is 1.26 bits per heavy atom. The molecule has 1 fully saturated rings. The van der Waals surface area contributed by atoms with E-state index in [0.717, 1.165) is 43.4 Å². The quantitative estimate of drug-likeness (QED) is 0.914. The molecule has 5 heteroatoms. The number of hydrogen-bond acceptors (Lipinski definition) is 5. The lowest BCUT2D eigenvalue weighted by molar-refractivity contribution is 0.0642. The van der Waals surface area contributed by atoms with Crippen molar-refractivity contribution >= 4 is 11.3 Å². The second kappa shape index (κ2) is 7.53. The highest BCUT2D eigenvalue weighted by Crippen LogP contribution is 2.25. The van der Waals surface area contributed by atoms with Gasteiger partial charge in [0.2, 0.25) is 0 Å². The molecule has 23 heavy (non-hydrogen) atoms. The minimum absolute atomic E-state index is 0.246. The number of hydrogen-bond donors (Lipinski definition) is 1. The minimum atomic E-state index is 0.246. The van der Waals surface area contributed by atoms with Crippen LogP contribution in [-0.4, -0.2) is 58.7 Å². The van der Waals surface area contributed by atoms with E-state index >= 15 is 0 Å². The molecular formula is C18H25N3OS. The van der Waals surface area contributed by atoms with E-state index in [-0.39, 0.29) is 6.61 Å². The molecule has 4 nitrogen and oxygen atoms in total. The van der Waals surface area contributed by atoms with Gasteiger partial charge in [-0.25, -0.2) is 4.98 Å². The van der Waals surface area contributed by atoms with Crippen LogP contribution in [0, 0.1) is 6.92 Å². The summed E-state index contributed by atoms with van der Waals surface area (Å²) < 4.78 is 0. The van der Waals surface area contributed by atoms with Crippen LogP contribution in [0.4, 0.5) is 0 Å². The molecule has 124 valence electrons. The maximum atomic E-state index is 9.10. The Balaban J connectivity index is 1.60. The molecule has 1 unspecified atom stereocenters. The molecule has 0 amide bonds. The number of aliphatic hydroxyl groups is 1. The van der Waals surface area contributed by atoms with Crippen LogP contribution in [0.5, 0.6) is 0 Å². The molecule has 3 rings (SSSR count). The van der Waals surface area contributed by atoms with Crippen molar-refractivity contribution in [1.82, 2.24) is 14.8 Å². The van der Waals surface area contributed by atoms with E-state index in [1.807, 2.05) is 0 Å². The van der Waals surface area contributed by atoms with Crippen molar-refractivity contribution in [3.05, 3.63) is 40.9 Å². The Labute approximate surface area is 142 Å². The van der Waals surface area contributed by atoms with E-state index in [9.17, 15) is 0 Å². The highest BCUT2D eigenvalue weighted by Gasteiger charge is 2.23. The van der Waals surface area contributed by atoms with E-state index in [2.05, 4.69) is 53.3 Å². The van der Waals surface area contributed by atoms with Crippen molar-refractivity contribution in [3.8, 4) is 10.6 Å². The van der Waals surface area contributed by atoms with Gasteiger partial charge in [0.15, 0.2) is 0 Å². The molecule has 1 saturated heterocycles. The predicted octanol–water partition coefficient (Wildman–Crippen LogP) is 2.62. The van der Waals surface area contributed by atoms with Gasteiger partial charge in [-0.3, -0.25) is 9.80 Å². The van der Waals surface area contributed by atoms with Crippen molar-refractivity contribution in [1.29, 1.82) is 0 Å². The van der Waals surface area contributed by atoms with E-state index < -0.39 is 0 Å². The Kier molecular flexibility index (Phi) is 5.43. The summed E-state index contributed by atoms with van der Waals surface area (Å²) in [5.74, 6) is 0. The second-order valence-electron chi connectivity index (χ2n) is 6.35. The van der Waals surface area contributed by atoms with Gasteiger partial charge in [0.1, 0.15) is 5.01 Å². The molecule has 2 aromatic rings. The molecule has 0 bridgehead atoms. The Morgan fingerprint density at radius 2 is 2.04 bits per heavy atom. The number of nitrogens with zero attached hydrogens (tertiary/aromatic N) is 3. The van der Waals surface area contributed by atoms with Gasteiger partial charge in [-0.15, -0.1) is 11.3 Å². The van der Waals surface area contributed by atoms with Crippen LogP contribution in [0.2, 0.25) is 0 Å². The third kappa shape index (κ3) is 4.18. The van der Waals surface area contributed by atoms with Crippen molar-refractivity contribution in [3.63, 3.8) is 0 Å². The lowest BCUT2D eigenvalue weighted by Crippen LogP contribution is -2.52. The second-order valence-corrected chi connectivity index (χ2v) is 7.21. The monoisotopic (exact) mass is 331 g/mol. The summed E-state index contributed by atoms with van der Waals surface area (Å²) in [5, 5.41) is 12.4. The summed E-state index contributed by atoms with van der Waals surface area (Å²) in [6, 6.07) is 9.06. The number of piperazine rings is 1. The van der Waals surface area contributed by atoms with Gasteiger partial charge < -0.3 is 5.11 Å². The Hall–Kier alpha value is -1.27. The number of β-amino-alcohol motifs (C(OH)–C–C–N with tert-alkyl or cyclic N) is 1. The van der Waals surface area contributed by atoms with Crippen LogP contribution in [-0.2, 0) is 6.54 Å². The highest BCUT2D eigenvalue weighted by molar-refractivity contribution is 7.13. The zero-order chi connectivity index (χ0) is 16.2. The topological polar surface area (TPSA) is 39.6 Å². The van der Waals surface area contributed by atoms with Crippen LogP contribution in [0.1, 0.15) is 18.2 Å². The molecule has 0 radical (unpaired) electrons. The fourth-order valence-electron chi connectivity index (χ4n) is 3.11. The summed E-state index contributed by atoms with van der Waals surface area (Å²) in [7, 11) is 0. The number of thiazole rings is 1. The first-order chi connectivity index (χ1) is 11.2. The summed E-state index contributed by atoms with van der Waals surface area (Å²) in [5.41, 5.74) is 3.64. The van der Waals surface area contributed by atoms with Gasteiger partial charge in [-0.2, -0.15) is 0 Å². The molecule has 0 aliphatic carbocycles. The summed E-state index contributed by atoms with van der Waals surface area (Å²) >= 11 is 1.73. The summed E-state index contributed by atoms with van der Waals surface area (Å²) in [4.78, 5) is 9.63. The van der Waals surface area contributed by atoms with Crippen molar-refractivity contribution < 1.29 is 5.11 Å². The largest absolute Gasteiger partial charge is 0.395 e. The normalized spacial score (nSPS) is 20.0. The van der Waals surface area contributed by atoms with Crippen LogP contribution in [0.3, 0.4) is 0 Å². The number of benzene rings is 1. The van der Waals surface area contributed by atoms with Gasteiger partial charge in [-0.05, 0) is 13.8 Å². The fourth-order valence-corrected chi connectivity index (χ4v) is 3.93. The van der Waals surface area contributed by atoms with Crippen molar-refractivity contribution in [2.45, 2.75) is 26.4 Å². The molecule has 1 aromatic carbocycles. The SMILES string of the molecule is Cc1ccc(-c2nc(CN3CCN(CCO)C(C)C3)cs2)cc1. The van der Waals surface area contributed by atoms with Crippen LogP contribution < -0.4 is 0 Å². The minimum Gasteiger partial charge on any atom is -0.395 e. The third-order valence-corrected chi connectivity index (χ3v) is 5.41. The maximum Gasteiger partial charge on any atom is 0.123 e.